The Balaban J connectivity index is -0.000000520. The van der Waals surface area contributed by atoms with Crippen LogP contribution in [0.3, 0.4) is 0 Å². The minimum atomic E-state index is -4.67. The number of rotatable bonds is 11. The molecule has 2 N–H and O–H groups in total. The van der Waals surface area contributed by atoms with E-state index in [0.29, 0.717) is 6.42 Å². The van der Waals surface area contributed by atoms with E-state index in [-0.39, 0.29) is 57.1 Å². The summed E-state index contributed by atoms with van der Waals surface area (Å²) in [6, 6.07) is 0. The molecule has 0 aliphatic heterocycles. The number of hydrogen-bond acceptors (Lipinski definition) is 5. The smallest absolute Gasteiger partial charge is 0.748 e. The van der Waals surface area contributed by atoms with Gasteiger partial charge in [0.05, 0.1) is 10.1 Å². The van der Waals surface area contributed by atoms with Gasteiger partial charge in [0.2, 0.25) is 0 Å². The summed E-state index contributed by atoms with van der Waals surface area (Å²) in [5, 5.41) is 0. The van der Waals surface area contributed by atoms with Crippen LogP contribution in [0.4, 0.5) is 0 Å². The molecule has 0 amide bonds. The van der Waals surface area contributed by atoms with Crippen molar-refractivity contribution in [2.45, 2.75) is 71.1 Å². The van der Waals surface area contributed by atoms with E-state index in [1.165, 1.54) is 44.9 Å². The van der Waals surface area contributed by atoms with Gasteiger partial charge in [-0.05, 0) is 6.42 Å². The summed E-state index contributed by atoms with van der Waals surface area (Å²) in [6.07, 6.45) is 11.4. The fourth-order valence-corrected chi connectivity index (χ4v) is 2.32. The summed E-state index contributed by atoms with van der Waals surface area (Å²) in [5.41, 5.74) is 0. The molecular weight excluding hydrogens is 359 g/mol. The molecular formula is C12H27KO7S2. The third kappa shape index (κ3) is 43.0. The van der Waals surface area contributed by atoms with E-state index < -0.39 is 20.5 Å². The molecule has 0 aliphatic rings. The molecule has 7 nitrogen and oxygen atoms in total. The molecule has 0 aliphatic carbocycles. The number of unbranched alkanes of at least 4 members (excludes halogenated alkanes) is 9. The molecule has 0 bridgehead atoms. The average molecular weight is 387 g/mol. The first-order valence-corrected chi connectivity index (χ1v) is 10.2. The second-order valence-corrected chi connectivity index (χ2v) is 7.31. The second-order valence-electron chi connectivity index (χ2n) is 4.89. The van der Waals surface area contributed by atoms with Gasteiger partial charge in [0.15, 0.2) is 0 Å². The summed E-state index contributed by atoms with van der Waals surface area (Å²) in [4.78, 5) is 0. The van der Waals surface area contributed by atoms with Gasteiger partial charge in [-0.3, -0.25) is 9.11 Å². The first kappa shape index (κ1) is 28.2. The van der Waals surface area contributed by atoms with Crippen LogP contribution < -0.4 is 51.4 Å². The zero-order chi connectivity index (χ0) is 16.8. The van der Waals surface area contributed by atoms with Crippen molar-refractivity contribution in [1.29, 1.82) is 0 Å². The van der Waals surface area contributed by atoms with Gasteiger partial charge in [0.25, 0.3) is 0 Å². The van der Waals surface area contributed by atoms with Crippen LogP contribution in [0.2, 0.25) is 0 Å². The Morgan fingerprint density at radius 3 is 1.27 bits per heavy atom. The molecule has 0 rings (SSSR count). The van der Waals surface area contributed by atoms with Gasteiger partial charge >= 0.3 is 61.8 Å². The molecule has 130 valence electrons. The molecule has 0 saturated heterocycles. The first-order valence-electron chi connectivity index (χ1n) is 7.19. The van der Waals surface area contributed by atoms with Gasteiger partial charge in [-0.1, -0.05) is 64.7 Å². The van der Waals surface area contributed by atoms with Crippen molar-refractivity contribution in [1.82, 2.24) is 0 Å². The largest absolute Gasteiger partial charge is 1.00 e. The van der Waals surface area contributed by atoms with Crippen LogP contribution in [0.1, 0.15) is 71.1 Å². The number of hydrogen-bond donors (Lipinski definition) is 2. The van der Waals surface area contributed by atoms with Crippen LogP contribution in [0.5, 0.6) is 0 Å². The van der Waals surface area contributed by atoms with Crippen LogP contribution in [-0.2, 0) is 20.5 Å². The van der Waals surface area contributed by atoms with Gasteiger partial charge in [0, 0.05) is 5.75 Å². The molecule has 22 heavy (non-hydrogen) atoms. The third-order valence-electron chi connectivity index (χ3n) is 2.75. The maximum atomic E-state index is 10.3. The van der Waals surface area contributed by atoms with Crippen molar-refractivity contribution in [3.8, 4) is 0 Å². The van der Waals surface area contributed by atoms with Crippen molar-refractivity contribution >= 4 is 20.5 Å². The van der Waals surface area contributed by atoms with Gasteiger partial charge in [-0.15, -0.1) is 0 Å². The van der Waals surface area contributed by atoms with Crippen LogP contribution in [0.25, 0.3) is 0 Å². The Morgan fingerprint density at radius 1 is 0.727 bits per heavy atom. The summed E-state index contributed by atoms with van der Waals surface area (Å²) in [7, 11) is -8.65. The fraction of sp³-hybridized carbons (Fsp3) is 1.00. The quantitative estimate of drug-likeness (QED) is 0.285. The zero-order valence-electron chi connectivity index (χ0n) is 13.5. The molecule has 10 heteroatoms. The topological polar surface area (TPSA) is 132 Å². The molecule has 0 unspecified atom stereocenters. The van der Waals surface area contributed by atoms with E-state index in [2.05, 4.69) is 6.92 Å². The Bertz CT molecular complexity index is 413. The van der Waals surface area contributed by atoms with Crippen molar-refractivity contribution in [3.63, 3.8) is 0 Å². The Kier molecular flexibility index (Phi) is 22.1. The summed E-state index contributed by atoms with van der Waals surface area (Å²) in [6.45, 7) is 2.21. The van der Waals surface area contributed by atoms with E-state index in [9.17, 15) is 13.0 Å². The predicted octanol–water partition coefficient (Wildman–Crippen LogP) is -0.196. The van der Waals surface area contributed by atoms with Crippen molar-refractivity contribution in [2.75, 3.05) is 5.75 Å². The van der Waals surface area contributed by atoms with Crippen LogP contribution in [0.15, 0.2) is 0 Å². The third-order valence-corrected chi connectivity index (χ3v) is 3.54. The fourth-order valence-electron chi connectivity index (χ4n) is 1.77. The molecule has 0 saturated carbocycles. The molecule has 0 heterocycles. The van der Waals surface area contributed by atoms with Crippen LogP contribution in [0, 0.1) is 0 Å². The Hall–Kier alpha value is 1.42. The summed E-state index contributed by atoms with van der Waals surface area (Å²) in [5.74, 6) is -0.191. The molecule has 0 aromatic rings. The summed E-state index contributed by atoms with van der Waals surface area (Å²) >= 11 is 0. The average Bonchev–Trinajstić information content (AvgIpc) is 2.28. The minimum Gasteiger partial charge on any atom is -0.748 e. The van der Waals surface area contributed by atoms with E-state index in [4.69, 9.17) is 17.5 Å². The Labute approximate surface area is 177 Å². The predicted molar refractivity (Wildman–Crippen MR) is 80.6 cm³/mol. The van der Waals surface area contributed by atoms with Gasteiger partial charge in [0.1, 0.15) is 0 Å². The standard InChI is InChI=1S/C12H26O3S.K.H2O4S/c1-2-3-4-5-6-7-8-9-10-11-12-16(13,14)15;;1-5(2,3)4/h2-12H2,1H3,(H,13,14,15);;(H2,1,2,3,4)/q;+1;/p-1. The molecule has 0 aromatic heterocycles. The van der Waals surface area contributed by atoms with Gasteiger partial charge < -0.3 is 4.55 Å². The van der Waals surface area contributed by atoms with Crippen LogP contribution in [-0.4, -0.2) is 36.2 Å². The monoisotopic (exact) mass is 386 g/mol. The molecule has 0 radical (unpaired) electrons. The molecule has 0 atom stereocenters. The van der Waals surface area contributed by atoms with Crippen molar-refractivity contribution in [2.24, 2.45) is 0 Å². The maximum absolute atomic E-state index is 10.3. The minimum absolute atomic E-state index is 0. The molecule has 0 aromatic carbocycles. The van der Waals surface area contributed by atoms with E-state index >= 15 is 0 Å². The van der Waals surface area contributed by atoms with Crippen molar-refractivity contribution < 1.29 is 81.9 Å². The van der Waals surface area contributed by atoms with Gasteiger partial charge in [-0.25, -0.2) is 8.42 Å². The van der Waals surface area contributed by atoms with E-state index in [0.717, 1.165) is 12.8 Å². The van der Waals surface area contributed by atoms with Gasteiger partial charge in [-0.2, -0.15) is 8.42 Å². The maximum Gasteiger partial charge on any atom is 1.00 e. The molecule has 0 spiro atoms. The summed E-state index contributed by atoms with van der Waals surface area (Å²) < 4.78 is 62.5. The first-order chi connectivity index (χ1) is 9.56. The van der Waals surface area contributed by atoms with Crippen molar-refractivity contribution in [3.05, 3.63) is 0 Å². The zero-order valence-corrected chi connectivity index (χ0v) is 18.3. The van der Waals surface area contributed by atoms with Crippen LogP contribution >= 0.6 is 0 Å². The SMILES string of the molecule is CCCCCCCCCCCCS(=O)(=O)[O-].O=S(=O)(O)O.[K+]. The normalized spacial score (nSPS) is 11.3. The molecule has 0 fully saturated rings. The van der Waals surface area contributed by atoms with E-state index in [1.54, 1.807) is 0 Å². The second kappa shape index (κ2) is 17.2. The Morgan fingerprint density at radius 2 is 1.00 bits per heavy atom. The van der Waals surface area contributed by atoms with E-state index in [1.807, 2.05) is 0 Å².